The van der Waals surface area contributed by atoms with Gasteiger partial charge >= 0.3 is 0 Å². The molecule has 3 amide bonds. The van der Waals surface area contributed by atoms with Gasteiger partial charge in [0.25, 0.3) is 23.4 Å². The molecule has 2 bridgehead atoms. The summed E-state index contributed by atoms with van der Waals surface area (Å²) in [5, 5.41) is 13.2. The second kappa shape index (κ2) is 7.51. The van der Waals surface area contributed by atoms with Crippen molar-refractivity contribution in [3.63, 3.8) is 0 Å². The molecule has 8 nitrogen and oxygen atoms in total. The van der Waals surface area contributed by atoms with Crippen LogP contribution in [0.15, 0.2) is 48.5 Å². The van der Waals surface area contributed by atoms with Crippen LogP contribution in [0.3, 0.4) is 0 Å². The van der Waals surface area contributed by atoms with E-state index in [9.17, 15) is 28.9 Å². The third-order valence-corrected chi connectivity index (χ3v) is 6.99. The van der Waals surface area contributed by atoms with Gasteiger partial charge in [-0.15, -0.1) is 0 Å². The fraction of sp³-hybridized carbons (Fsp3) is 0.348. The first kappa shape index (κ1) is 20.3. The summed E-state index contributed by atoms with van der Waals surface area (Å²) < 4.78 is 14.4. The van der Waals surface area contributed by atoms with E-state index in [2.05, 4.69) is 0 Å². The van der Waals surface area contributed by atoms with Crippen LogP contribution >= 0.6 is 0 Å². The quantitative estimate of drug-likeness (QED) is 0.406. The van der Waals surface area contributed by atoms with Gasteiger partial charge in [-0.05, 0) is 43.2 Å². The number of rotatable bonds is 5. The average Bonchev–Trinajstić information content (AvgIpc) is 3.47. The lowest BCUT2D eigenvalue weighted by Gasteiger charge is -2.31. The maximum atomic E-state index is 14.4. The normalized spacial score (nSPS) is 25.8. The van der Waals surface area contributed by atoms with Gasteiger partial charge in [-0.2, -0.15) is 5.01 Å². The lowest BCUT2D eigenvalue weighted by Crippen LogP contribution is -2.50. The van der Waals surface area contributed by atoms with Gasteiger partial charge in [0.2, 0.25) is 0 Å². The average molecular weight is 437 g/mol. The van der Waals surface area contributed by atoms with Gasteiger partial charge in [0.1, 0.15) is 11.4 Å². The molecule has 32 heavy (non-hydrogen) atoms. The Morgan fingerprint density at radius 1 is 1.03 bits per heavy atom. The Labute approximate surface area is 182 Å². The maximum Gasteiger partial charge on any atom is 0.282 e. The molecule has 0 N–H and O–H groups in total. The van der Waals surface area contributed by atoms with Crippen LogP contribution in [0.1, 0.15) is 35.2 Å². The van der Waals surface area contributed by atoms with E-state index in [4.69, 9.17) is 0 Å². The summed E-state index contributed by atoms with van der Waals surface area (Å²) in [6, 6.07) is 11.1. The lowest BCUT2D eigenvalue weighted by atomic mass is 9.81. The molecule has 2 saturated carbocycles. The summed E-state index contributed by atoms with van der Waals surface area (Å²) in [7, 11) is 0. The molecule has 5 rings (SSSR count). The van der Waals surface area contributed by atoms with E-state index in [1.807, 2.05) is 0 Å². The summed E-state index contributed by atoms with van der Waals surface area (Å²) in [6.45, 7) is -0.399. The van der Waals surface area contributed by atoms with Gasteiger partial charge < -0.3 is 0 Å². The monoisotopic (exact) mass is 437 g/mol. The number of imide groups is 1. The predicted octanol–water partition coefficient (Wildman–Crippen LogP) is 3.32. The van der Waals surface area contributed by atoms with Crippen LogP contribution in [0.4, 0.5) is 10.1 Å². The van der Waals surface area contributed by atoms with E-state index < -0.39 is 52.5 Å². The maximum absolute atomic E-state index is 14.4. The smallest absolute Gasteiger partial charge is 0.272 e. The number of halogens is 1. The van der Waals surface area contributed by atoms with Crippen molar-refractivity contribution in [2.75, 3.05) is 0 Å². The fourth-order valence-electron chi connectivity index (χ4n) is 5.60. The third kappa shape index (κ3) is 2.99. The summed E-state index contributed by atoms with van der Waals surface area (Å²) >= 11 is 0. The zero-order valence-corrected chi connectivity index (χ0v) is 17.0. The van der Waals surface area contributed by atoms with Gasteiger partial charge in [-0.3, -0.25) is 24.5 Å². The molecule has 4 atom stereocenters. The van der Waals surface area contributed by atoms with E-state index in [1.165, 1.54) is 42.5 Å². The Morgan fingerprint density at radius 3 is 2.25 bits per heavy atom. The summed E-state index contributed by atoms with van der Waals surface area (Å²) in [5.41, 5.74) is -0.620. The van der Waals surface area contributed by atoms with E-state index in [-0.39, 0.29) is 23.0 Å². The minimum absolute atomic E-state index is 0.0973. The number of carbonyl (C=O) groups is 3. The number of nitrogens with zero attached hydrogens (tertiary/aromatic N) is 3. The van der Waals surface area contributed by atoms with E-state index in [0.717, 1.165) is 29.3 Å². The number of carbonyl (C=O) groups excluding carboxylic acids is 3. The molecule has 2 aromatic carbocycles. The predicted molar refractivity (Wildman–Crippen MR) is 109 cm³/mol. The minimum Gasteiger partial charge on any atom is -0.272 e. The number of fused-ring (bicyclic) bond motifs is 5. The van der Waals surface area contributed by atoms with E-state index >= 15 is 0 Å². The highest BCUT2D eigenvalue weighted by atomic mass is 19.1. The molecular weight excluding hydrogens is 417 g/mol. The Hall–Kier alpha value is -3.62. The number of hydrazine groups is 1. The first-order valence-corrected chi connectivity index (χ1v) is 10.5. The van der Waals surface area contributed by atoms with Crippen molar-refractivity contribution in [2.24, 2.45) is 23.7 Å². The van der Waals surface area contributed by atoms with Crippen LogP contribution in [-0.4, -0.2) is 32.7 Å². The van der Waals surface area contributed by atoms with E-state index in [1.54, 1.807) is 6.07 Å². The standard InChI is InChI=1S/C23H20FN3O5/c24-17-7-3-1-5-15(17)12-25(21(28)16-6-2-4-8-18(16)27(31)32)26-22(29)19-13-9-10-14(11-13)20(19)23(26)30/h1-8,13-14,19-20H,9-12H2/t13-,14-,19+,20+/m0/s1. The van der Waals surface area contributed by atoms with Gasteiger partial charge in [-0.1, -0.05) is 30.3 Å². The van der Waals surface area contributed by atoms with Crippen LogP contribution < -0.4 is 0 Å². The largest absolute Gasteiger partial charge is 0.282 e. The van der Waals surface area contributed by atoms with Crippen molar-refractivity contribution in [1.29, 1.82) is 0 Å². The molecule has 0 unspecified atom stereocenters. The zero-order chi connectivity index (χ0) is 22.6. The highest BCUT2D eigenvalue weighted by Gasteiger charge is 2.62. The first-order valence-electron chi connectivity index (χ1n) is 10.5. The molecule has 3 aliphatic rings. The number of nitro groups is 1. The van der Waals surface area contributed by atoms with Crippen molar-refractivity contribution >= 4 is 23.4 Å². The number of benzene rings is 2. The van der Waals surface area contributed by atoms with Crippen molar-refractivity contribution < 1.29 is 23.7 Å². The SMILES string of the molecule is O=C(c1ccccc1[N+](=O)[O-])N(Cc1ccccc1F)N1C(=O)[C@@H]2[C@H]3CC[C@@H](C3)[C@H]2C1=O. The molecule has 3 fully saturated rings. The number of nitro benzene ring substituents is 1. The van der Waals surface area contributed by atoms with Crippen molar-refractivity contribution in [3.05, 3.63) is 75.6 Å². The van der Waals surface area contributed by atoms with Crippen molar-refractivity contribution in [3.8, 4) is 0 Å². The molecule has 0 radical (unpaired) electrons. The first-order chi connectivity index (χ1) is 15.4. The van der Waals surface area contributed by atoms with Crippen LogP contribution in [0.25, 0.3) is 0 Å². The number of hydrogen-bond donors (Lipinski definition) is 0. The second-order valence-electron chi connectivity index (χ2n) is 8.60. The van der Waals surface area contributed by atoms with Crippen molar-refractivity contribution in [1.82, 2.24) is 10.0 Å². The molecule has 2 aliphatic carbocycles. The van der Waals surface area contributed by atoms with Gasteiger partial charge in [0.15, 0.2) is 0 Å². The number of para-hydroxylation sites is 1. The summed E-state index contributed by atoms with van der Waals surface area (Å²) in [4.78, 5) is 51.0. The Bertz CT molecular complexity index is 1120. The highest BCUT2D eigenvalue weighted by Crippen LogP contribution is 2.56. The molecule has 0 spiro atoms. The third-order valence-electron chi connectivity index (χ3n) is 6.99. The highest BCUT2D eigenvalue weighted by molar-refractivity contribution is 6.09. The minimum atomic E-state index is -0.894. The van der Waals surface area contributed by atoms with Crippen LogP contribution in [0.5, 0.6) is 0 Å². The number of amides is 3. The van der Waals surface area contributed by atoms with E-state index in [0.29, 0.717) is 0 Å². The molecule has 0 aromatic heterocycles. The Morgan fingerprint density at radius 2 is 1.62 bits per heavy atom. The fourth-order valence-corrected chi connectivity index (χ4v) is 5.60. The molecule has 2 aromatic rings. The lowest BCUT2D eigenvalue weighted by molar-refractivity contribution is -0.385. The molecule has 164 valence electrons. The van der Waals surface area contributed by atoms with Crippen molar-refractivity contribution in [2.45, 2.75) is 25.8 Å². The molecule has 9 heteroatoms. The van der Waals surface area contributed by atoms with Gasteiger partial charge in [-0.25, -0.2) is 9.40 Å². The topological polar surface area (TPSA) is 101 Å². The van der Waals surface area contributed by atoms with Crippen LogP contribution in [0, 0.1) is 39.6 Å². The van der Waals surface area contributed by atoms with Gasteiger partial charge in [0, 0.05) is 11.6 Å². The molecule has 1 aliphatic heterocycles. The zero-order valence-electron chi connectivity index (χ0n) is 17.0. The van der Waals surface area contributed by atoms with Gasteiger partial charge in [0.05, 0.1) is 23.3 Å². The molecule has 1 heterocycles. The molecular formula is C23H20FN3O5. The molecule has 1 saturated heterocycles. The summed E-state index contributed by atoms with van der Waals surface area (Å²) in [6.07, 6.45) is 2.56. The number of hydrogen-bond acceptors (Lipinski definition) is 5. The van der Waals surface area contributed by atoms with Crippen LogP contribution in [-0.2, 0) is 16.1 Å². The second-order valence-corrected chi connectivity index (χ2v) is 8.60. The van der Waals surface area contributed by atoms with Crippen LogP contribution in [0.2, 0.25) is 0 Å². The Balaban J connectivity index is 1.57. The summed E-state index contributed by atoms with van der Waals surface area (Å²) in [5.74, 6) is -3.22. The Kier molecular flexibility index (Phi) is 4.76.